The van der Waals surface area contributed by atoms with Crippen molar-refractivity contribution in [1.82, 2.24) is 4.98 Å². The maximum Gasteiger partial charge on any atom is 0.270 e. The van der Waals surface area contributed by atoms with Crippen LogP contribution in [-0.2, 0) is 4.79 Å². The van der Waals surface area contributed by atoms with E-state index in [-0.39, 0.29) is 11.6 Å². The summed E-state index contributed by atoms with van der Waals surface area (Å²) in [6, 6.07) is 13.4. The molecule has 136 valence electrons. The van der Waals surface area contributed by atoms with Gasteiger partial charge in [0.25, 0.3) is 5.69 Å². The number of amides is 1. The Bertz CT molecular complexity index is 1050. The van der Waals surface area contributed by atoms with Crippen LogP contribution in [0.25, 0.3) is 17.3 Å². The Morgan fingerprint density at radius 3 is 2.78 bits per heavy atom. The number of carbonyl (C=O) groups excluding carboxylic acids is 1. The molecule has 2 aromatic carbocycles. The molecule has 0 unspecified atom stereocenters. The Balaban J connectivity index is 1.72. The molecule has 0 atom stereocenters. The minimum atomic E-state index is -0.479. The topological polar surface area (TPSA) is 85.1 Å². The molecule has 0 saturated carbocycles. The van der Waals surface area contributed by atoms with Crippen LogP contribution < -0.4 is 5.32 Å². The second-order valence-corrected chi connectivity index (χ2v) is 7.25. The van der Waals surface area contributed by atoms with Gasteiger partial charge in [-0.3, -0.25) is 20.2 Å². The molecule has 1 N–H and O–H groups in total. The third-order valence-corrected chi connectivity index (χ3v) is 4.75. The number of rotatable bonds is 5. The van der Waals surface area contributed by atoms with E-state index in [1.165, 1.54) is 35.6 Å². The highest BCUT2D eigenvalue weighted by atomic mass is 35.5. The number of thiazole rings is 1. The molecule has 0 aliphatic rings. The van der Waals surface area contributed by atoms with Gasteiger partial charge in [-0.2, -0.15) is 0 Å². The molecular formula is C19H14ClN3O3S. The zero-order valence-corrected chi connectivity index (χ0v) is 15.8. The van der Waals surface area contributed by atoms with Gasteiger partial charge in [0.05, 0.1) is 10.6 Å². The van der Waals surface area contributed by atoms with Crippen LogP contribution in [0, 0.1) is 17.0 Å². The summed E-state index contributed by atoms with van der Waals surface area (Å²) >= 11 is 7.39. The Labute approximate surface area is 164 Å². The first-order chi connectivity index (χ1) is 12.9. The lowest BCUT2D eigenvalue weighted by atomic mass is 10.1. The zero-order valence-electron chi connectivity index (χ0n) is 14.2. The summed E-state index contributed by atoms with van der Waals surface area (Å²) in [5.74, 6) is -0.368. The Morgan fingerprint density at radius 1 is 1.26 bits per heavy atom. The lowest BCUT2D eigenvalue weighted by Gasteiger charge is -1.99. The Kier molecular flexibility index (Phi) is 5.63. The number of nitrogens with zero attached hydrogens (tertiary/aromatic N) is 2. The van der Waals surface area contributed by atoms with Crippen LogP contribution in [0.2, 0.25) is 5.02 Å². The number of nitro benzene ring substituents is 1. The summed E-state index contributed by atoms with van der Waals surface area (Å²) in [7, 11) is 0. The molecule has 0 saturated heterocycles. The maximum atomic E-state index is 12.1. The van der Waals surface area contributed by atoms with Crippen molar-refractivity contribution in [3.05, 3.63) is 80.2 Å². The maximum absolute atomic E-state index is 12.1. The normalized spacial score (nSPS) is 10.9. The van der Waals surface area contributed by atoms with Gasteiger partial charge in [-0.1, -0.05) is 35.9 Å². The number of halogens is 1. The molecule has 3 rings (SSSR count). The molecule has 0 bridgehead atoms. The molecule has 1 heterocycles. The van der Waals surface area contributed by atoms with E-state index >= 15 is 0 Å². The van der Waals surface area contributed by atoms with Gasteiger partial charge in [-0.15, -0.1) is 11.3 Å². The van der Waals surface area contributed by atoms with Crippen molar-refractivity contribution < 1.29 is 9.72 Å². The van der Waals surface area contributed by atoms with Gasteiger partial charge < -0.3 is 0 Å². The molecule has 0 aliphatic carbocycles. The van der Waals surface area contributed by atoms with Gasteiger partial charge in [-0.05, 0) is 30.7 Å². The Morgan fingerprint density at radius 2 is 2.04 bits per heavy atom. The summed E-state index contributed by atoms with van der Waals surface area (Å²) in [5.41, 5.74) is 2.18. The summed E-state index contributed by atoms with van der Waals surface area (Å²) in [6.07, 6.45) is 2.83. The van der Waals surface area contributed by atoms with Crippen molar-refractivity contribution in [3.63, 3.8) is 0 Å². The first kappa shape index (κ1) is 18.8. The molecule has 6 nitrogen and oxygen atoms in total. The molecule has 8 heteroatoms. The van der Waals surface area contributed by atoms with Crippen LogP contribution in [-0.4, -0.2) is 15.8 Å². The molecule has 0 radical (unpaired) electrons. The van der Waals surface area contributed by atoms with Crippen molar-refractivity contribution in [3.8, 4) is 11.3 Å². The highest BCUT2D eigenvalue weighted by Gasteiger charge is 2.11. The van der Waals surface area contributed by atoms with Crippen LogP contribution in [0.4, 0.5) is 10.8 Å². The molecular weight excluding hydrogens is 386 g/mol. The van der Waals surface area contributed by atoms with E-state index < -0.39 is 4.92 Å². The fraction of sp³-hybridized carbons (Fsp3) is 0.0526. The van der Waals surface area contributed by atoms with Crippen LogP contribution in [0.1, 0.15) is 10.4 Å². The number of nitrogens with one attached hydrogen (secondary N) is 1. The van der Waals surface area contributed by atoms with E-state index in [4.69, 9.17) is 11.6 Å². The van der Waals surface area contributed by atoms with Crippen molar-refractivity contribution in [2.45, 2.75) is 6.92 Å². The molecule has 0 aliphatic heterocycles. The SMILES string of the molecule is Cc1sc(NC(=O)/C=C/c2cccc([N+](=O)[O-])c2)nc1-c1cccc(Cl)c1. The summed E-state index contributed by atoms with van der Waals surface area (Å²) in [6.45, 7) is 1.92. The Hall–Kier alpha value is -3.03. The van der Waals surface area contributed by atoms with Crippen LogP contribution in [0.5, 0.6) is 0 Å². The van der Waals surface area contributed by atoms with Crippen LogP contribution in [0.15, 0.2) is 54.6 Å². The predicted octanol–water partition coefficient (Wildman–Crippen LogP) is 5.33. The number of aryl methyl sites for hydroxylation is 1. The lowest BCUT2D eigenvalue weighted by molar-refractivity contribution is -0.384. The second-order valence-electron chi connectivity index (χ2n) is 5.61. The number of anilines is 1. The van der Waals surface area contributed by atoms with Gasteiger partial charge in [0, 0.05) is 33.7 Å². The van der Waals surface area contributed by atoms with Gasteiger partial charge in [0.2, 0.25) is 5.91 Å². The van der Waals surface area contributed by atoms with E-state index in [9.17, 15) is 14.9 Å². The summed E-state index contributed by atoms with van der Waals surface area (Å²) in [4.78, 5) is 27.9. The highest BCUT2D eigenvalue weighted by Crippen LogP contribution is 2.31. The predicted molar refractivity (Wildman–Crippen MR) is 108 cm³/mol. The summed E-state index contributed by atoms with van der Waals surface area (Å²) in [5, 5.41) is 14.6. The number of carbonyl (C=O) groups is 1. The zero-order chi connectivity index (χ0) is 19.4. The molecule has 0 spiro atoms. The van der Waals surface area contributed by atoms with Gasteiger partial charge >= 0.3 is 0 Å². The van der Waals surface area contributed by atoms with Gasteiger partial charge in [0.15, 0.2) is 5.13 Å². The highest BCUT2D eigenvalue weighted by molar-refractivity contribution is 7.16. The third-order valence-electron chi connectivity index (χ3n) is 3.63. The molecule has 0 fully saturated rings. The lowest BCUT2D eigenvalue weighted by Crippen LogP contribution is -2.07. The minimum Gasteiger partial charge on any atom is -0.298 e. The third kappa shape index (κ3) is 4.78. The van der Waals surface area contributed by atoms with E-state index in [1.807, 2.05) is 25.1 Å². The molecule has 3 aromatic rings. The fourth-order valence-corrected chi connectivity index (χ4v) is 3.44. The van der Waals surface area contributed by atoms with Crippen LogP contribution >= 0.6 is 22.9 Å². The average molecular weight is 400 g/mol. The van der Waals surface area contributed by atoms with Crippen molar-refractivity contribution in [1.29, 1.82) is 0 Å². The van der Waals surface area contributed by atoms with E-state index in [1.54, 1.807) is 18.2 Å². The van der Waals surface area contributed by atoms with Crippen molar-refractivity contribution in [2.75, 3.05) is 5.32 Å². The van der Waals surface area contributed by atoms with E-state index in [2.05, 4.69) is 10.3 Å². The fourth-order valence-electron chi connectivity index (χ4n) is 2.41. The van der Waals surface area contributed by atoms with Crippen LogP contribution in [0.3, 0.4) is 0 Å². The first-order valence-corrected chi connectivity index (χ1v) is 9.09. The number of hydrogen-bond donors (Lipinski definition) is 1. The second kappa shape index (κ2) is 8.11. The number of nitro groups is 1. The molecule has 27 heavy (non-hydrogen) atoms. The smallest absolute Gasteiger partial charge is 0.270 e. The van der Waals surface area contributed by atoms with Gasteiger partial charge in [-0.25, -0.2) is 4.98 Å². The number of benzene rings is 2. The summed E-state index contributed by atoms with van der Waals surface area (Å²) < 4.78 is 0. The number of aromatic nitrogens is 1. The van der Waals surface area contributed by atoms with Crippen molar-refractivity contribution in [2.24, 2.45) is 0 Å². The standard InChI is InChI=1S/C19H14ClN3O3S/c1-12-18(14-5-3-6-15(20)11-14)22-19(27-12)21-17(24)9-8-13-4-2-7-16(10-13)23(25)26/h2-11H,1H3,(H,21,22,24)/b9-8+. The quantitative estimate of drug-likeness (QED) is 0.357. The minimum absolute atomic E-state index is 0.0285. The average Bonchev–Trinajstić information content (AvgIpc) is 3.00. The number of hydrogen-bond acceptors (Lipinski definition) is 5. The van der Waals surface area contributed by atoms with E-state index in [0.29, 0.717) is 15.7 Å². The monoisotopic (exact) mass is 399 g/mol. The van der Waals surface area contributed by atoms with Gasteiger partial charge in [0.1, 0.15) is 0 Å². The van der Waals surface area contributed by atoms with E-state index in [0.717, 1.165) is 16.1 Å². The molecule has 1 amide bonds. The largest absolute Gasteiger partial charge is 0.298 e. The van der Waals surface area contributed by atoms with Crippen molar-refractivity contribution >= 4 is 45.7 Å². The first-order valence-electron chi connectivity index (χ1n) is 7.89. The molecule has 1 aromatic heterocycles. The number of non-ortho nitro benzene ring substituents is 1.